The monoisotopic (exact) mass is 215 g/mol. The first-order valence-corrected chi connectivity index (χ1v) is 5.50. The van der Waals surface area contributed by atoms with Gasteiger partial charge in [0.15, 0.2) is 0 Å². The van der Waals surface area contributed by atoms with Crippen LogP contribution in [-0.4, -0.2) is 11.7 Å². The van der Waals surface area contributed by atoms with Gasteiger partial charge >= 0.3 is 6.09 Å². The summed E-state index contributed by atoms with van der Waals surface area (Å²) >= 11 is 0. The lowest BCUT2D eigenvalue weighted by Gasteiger charge is -2.30. The summed E-state index contributed by atoms with van der Waals surface area (Å²) in [6, 6.07) is 0. The molecule has 15 heavy (non-hydrogen) atoms. The smallest absolute Gasteiger partial charge is 0.405 e. The Bertz CT molecular complexity index is 216. The van der Waals surface area contributed by atoms with Crippen molar-refractivity contribution in [3.05, 3.63) is 0 Å². The molecule has 3 heteroatoms. The molecule has 0 aromatic carbocycles. The van der Waals surface area contributed by atoms with Gasteiger partial charge in [-0.3, -0.25) is 0 Å². The second-order valence-corrected chi connectivity index (χ2v) is 6.25. The summed E-state index contributed by atoms with van der Waals surface area (Å²) in [5.41, 5.74) is 4.87. The molecule has 3 nitrogen and oxygen atoms in total. The molecule has 0 radical (unpaired) electrons. The van der Waals surface area contributed by atoms with Crippen molar-refractivity contribution >= 4 is 6.09 Å². The van der Waals surface area contributed by atoms with Crippen molar-refractivity contribution in [1.82, 2.24) is 0 Å². The maximum absolute atomic E-state index is 10.7. The molecule has 0 aliphatic heterocycles. The zero-order chi connectivity index (χ0) is 12.3. The molecule has 1 atom stereocenters. The van der Waals surface area contributed by atoms with Crippen LogP contribution in [0.4, 0.5) is 4.79 Å². The quantitative estimate of drug-likeness (QED) is 0.782. The maximum atomic E-state index is 10.7. The molecule has 0 bridgehead atoms. The van der Waals surface area contributed by atoms with E-state index in [-0.39, 0.29) is 0 Å². The fraction of sp³-hybridized carbons (Fsp3) is 0.917. The molecular formula is C12H25NO2. The Morgan fingerprint density at radius 3 is 2.00 bits per heavy atom. The second-order valence-electron chi connectivity index (χ2n) is 6.25. The topological polar surface area (TPSA) is 52.3 Å². The Morgan fingerprint density at radius 1 is 1.20 bits per heavy atom. The van der Waals surface area contributed by atoms with Crippen molar-refractivity contribution in [1.29, 1.82) is 0 Å². The van der Waals surface area contributed by atoms with Crippen molar-refractivity contribution in [2.75, 3.05) is 0 Å². The van der Waals surface area contributed by atoms with E-state index in [0.29, 0.717) is 11.3 Å². The molecule has 0 aromatic rings. The first-order chi connectivity index (χ1) is 6.52. The number of primary amides is 1. The lowest BCUT2D eigenvalue weighted by atomic mass is 9.81. The van der Waals surface area contributed by atoms with E-state index in [2.05, 4.69) is 27.7 Å². The van der Waals surface area contributed by atoms with Crippen LogP contribution in [0.5, 0.6) is 0 Å². The Balaban J connectivity index is 4.15. The lowest BCUT2D eigenvalue weighted by molar-refractivity contribution is 0.0241. The van der Waals surface area contributed by atoms with Gasteiger partial charge in [0.1, 0.15) is 5.60 Å². The van der Waals surface area contributed by atoms with Crippen LogP contribution in [0.2, 0.25) is 0 Å². The summed E-state index contributed by atoms with van der Waals surface area (Å²) in [4.78, 5) is 10.7. The third kappa shape index (κ3) is 8.28. The molecule has 0 aliphatic carbocycles. The van der Waals surface area contributed by atoms with Gasteiger partial charge in [-0.2, -0.15) is 0 Å². The van der Waals surface area contributed by atoms with Gasteiger partial charge in [0, 0.05) is 0 Å². The van der Waals surface area contributed by atoms with Crippen molar-refractivity contribution in [3.8, 4) is 0 Å². The molecule has 0 rings (SSSR count). The van der Waals surface area contributed by atoms with Crippen LogP contribution in [0.1, 0.15) is 54.4 Å². The minimum absolute atomic E-state index is 0.308. The van der Waals surface area contributed by atoms with Gasteiger partial charge in [0.25, 0.3) is 0 Å². The van der Waals surface area contributed by atoms with Crippen molar-refractivity contribution in [2.45, 2.75) is 60.0 Å². The number of ether oxygens (including phenoxy) is 1. The molecule has 2 N–H and O–H groups in total. The molecule has 1 amide bonds. The average Bonchev–Trinajstić information content (AvgIpc) is 1.73. The Kier molecular flexibility index (Phi) is 4.63. The molecule has 0 spiro atoms. The lowest BCUT2D eigenvalue weighted by Crippen LogP contribution is -2.33. The minimum atomic E-state index is -0.692. The summed E-state index contributed by atoms with van der Waals surface area (Å²) in [5, 5.41) is 0. The molecule has 0 saturated heterocycles. The summed E-state index contributed by atoms with van der Waals surface area (Å²) in [6.45, 7) is 12.6. The molecule has 1 unspecified atom stereocenters. The number of hydrogen-bond donors (Lipinski definition) is 1. The van der Waals surface area contributed by atoms with Crippen LogP contribution in [0.15, 0.2) is 0 Å². The maximum Gasteiger partial charge on any atom is 0.405 e. The van der Waals surface area contributed by atoms with Crippen LogP contribution in [0.3, 0.4) is 0 Å². The SMILES string of the molecule is CC(CC(C)(C)C)CC(C)(C)OC(N)=O. The third-order valence-corrected chi connectivity index (χ3v) is 2.18. The Morgan fingerprint density at radius 2 is 1.67 bits per heavy atom. The van der Waals surface area contributed by atoms with E-state index >= 15 is 0 Å². The summed E-state index contributed by atoms with van der Waals surface area (Å²) in [5.74, 6) is 0.513. The van der Waals surface area contributed by atoms with E-state index in [4.69, 9.17) is 10.5 Å². The van der Waals surface area contributed by atoms with E-state index in [1.807, 2.05) is 13.8 Å². The number of rotatable bonds is 4. The first-order valence-electron chi connectivity index (χ1n) is 5.50. The highest BCUT2D eigenvalue weighted by Crippen LogP contribution is 2.30. The zero-order valence-corrected chi connectivity index (χ0v) is 10.9. The largest absolute Gasteiger partial charge is 0.444 e. The molecule has 0 heterocycles. The van der Waals surface area contributed by atoms with E-state index in [1.165, 1.54) is 0 Å². The van der Waals surface area contributed by atoms with Gasteiger partial charge in [0.05, 0.1) is 0 Å². The standard InChI is InChI=1S/C12H25NO2/c1-9(7-11(2,3)4)8-12(5,6)15-10(13)14/h9H,7-8H2,1-6H3,(H2,13,14). The normalized spacial score (nSPS) is 14.8. The predicted molar refractivity (Wildman–Crippen MR) is 62.6 cm³/mol. The number of carbonyl (C=O) groups is 1. The van der Waals surface area contributed by atoms with E-state index in [9.17, 15) is 4.79 Å². The van der Waals surface area contributed by atoms with Gasteiger partial charge < -0.3 is 10.5 Å². The summed E-state index contributed by atoms with van der Waals surface area (Å²) in [7, 11) is 0. The van der Waals surface area contributed by atoms with E-state index in [1.54, 1.807) is 0 Å². The van der Waals surface area contributed by atoms with E-state index < -0.39 is 11.7 Å². The van der Waals surface area contributed by atoms with Gasteiger partial charge in [-0.1, -0.05) is 27.7 Å². The third-order valence-electron chi connectivity index (χ3n) is 2.18. The zero-order valence-electron chi connectivity index (χ0n) is 10.9. The Labute approximate surface area is 93.4 Å². The number of carbonyl (C=O) groups excluding carboxylic acids is 1. The van der Waals surface area contributed by atoms with Crippen LogP contribution in [-0.2, 0) is 4.74 Å². The molecule has 0 aromatic heterocycles. The molecule has 0 saturated carbocycles. The Hall–Kier alpha value is -0.730. The van der Waals surface area contributed by atoms with Gasteiger partial charge in [-0.25, -0.2) is 4.79 Å². The molecule has 0 aliphatic rings. The number of nitrogens with two attached hydrogens (primary N) is 1. The molecule has 0 fully saturated rings. The van der Waals surface area contributed by atoms with Gasteiger partial charge in [0.2, 0.25) is 0 Å². The van der Waals surface area contributed by atoms with Crippen LogP contribution < -0.4 is 5.73 Å². The van der Waals surface area contributed by atoms with Crippen molar-refractivity contribution in [2.24, 2.45) is 17.1 Å². The van der Waals surface area contributed by atoms with Gasteiger partial charge in [-0.05, 0) is 38.0 Å². The average molecular weight is 215 g/mol. The van der Waals surface area contributed by atoms with Crippen LogP contribution >= 0.6 is 0 Å². The van der Waals surface area contributed by atoms with Gasteiger partial charge in [-0.15, -0.1) is 0 Å². The predicted octanol–water partition coefficient (Wildman–Crippen LogP) is 3.32. The van der Waals surface area contributed by atoms with Crippen LogP contribution in [0.25, 0.3) is 0 Å². The molecule has 90 valence electrons. The fourth-order valence-corrected chi connectivity index (χ4v) is 2.27. The highest BCUT2D eigenvalue weighted by atomic mass is 16.6. The highest BCUT2D eigenvalue weighted by Gasteiger charge is 2.26. The highest BCUT2D eigenvalue weighted by molar-refractivity contribution is 5.65. The minimum Gasteiger partial charge on any atom is -0.444 e. The van der Waals surface area contributed by atoms with Crippen molar-refractivity contribution in [3.63, 3.8) is 0 Å². The van der Waals surface area contributed by atoms with E-state index in [0.717, 1.165) is 12.8 Å². The fourth-order valence-electron chi connectivity index (χ4n) is 2.27. The van der Waals surface area contributed by atoms with Crippen LogP contribution in [0, 0.1) is 11.3 Å². The molecular weight excluding hydrogens is 190 g/mol. The number of amides is 1. The van der Waals surface area contributed by atoms with Crippen molar-refractivity contribution < 1.29 is 9.53 Å². The summed E-state index contributed by atoms with van der Waals surface area (Å²) in [6.07, 6.45) is 1.26. The summed E-state index contributed by atoms with van der Waals surface area (Å²) < 4.78 is 5.06. The second kappa shape index (κ2) is 4.86. The number of hydrogen-bond acceptors (Lipinski definition) is 2. The first kappa shape index (κ1) is 14.3.